The normalized spacial score (nSPS) is 15.6. The van der Waals surface area contributed by atoms with Gasteiger partial charge in [-0.3, -0.25) is 0 Å². The van der Waals surface area contributed by atoms with Crippen molar-refractivity contribution in [3.8, 4) is 0 Å². The van der Waals surface area contributed by atoms with Crippen LogP contribution in [0.1, 0.15) is 34.8 Å². The van der Waals surface area contributed by atoms with Crippen LogP contribution in [0, 0.1) is 0 Å². The lowest BCUT2D eigenvalue weighted by atomic mass is 10.00. The van der Waals surface area contributed by atoms with Crippen molar-refractivity contribution in [3.05, 3.63) is 46.8 Å². The van der Waals surface area contributed by atoms with Gasteiger partial charge in [-0.1, -0.05) is 18.2 Å². The molecular weight excluding hydrogens is 242 g/mol. The maximum Gasteiger partial charge on any atom is 0.0915 e. The molecule has 1 N–H and O–H groups in total. The number of benzene rings is 1. The minimum atomic E-state index is 0.267. The molecule has 0 saturated carbocycles. The van der Waals surface area contributed by atoms with E-state index in [0.29, 0.717) is 0 Å². The topological polar surface area (TPSA) is 37.8 Å². The van der Waals surface area contributed by atoms with Crippen molar-refractivity contribution in [3.63, 3.8) is 0 Å². The highest BCUT2D eigenvalue weighted by molar-refractivity contribution is 6.99. The Labute approximate surface area is 112 Å². The third kappa shape index (κ3) is 2.31. The summed E-state index contributed by atoms with van der Waals surface area (Å²) in [5.74, 6) is 0. The average Bonchev–Trinajstić information content (AvgIpc) is 3.06. The first-order valence-corrected chi connectivity index (χ1v) is 7.15. The Bertz CT molecular complexity index is 522. The highest BCUT2D eigenvalue weighted by Crippen LogP contribution is 2.25. The zero-order valence-electron chi connectivity index (χ0n) is 10.5. The summed E-state index contributed by atoms with van der Waals surface area (Å²) < 4.78 is 8.41. The second kappa shape index (κ2) is 5.16. The van der Waals surface area contributed by atoms with E-state index >= 15 is 0 Å². The van der Waals surface area contributed by atoms with E-state index in [2.05, 4.69) is 32.3 Å². The first-order chi connectivity index (χ1) is 8.86. The molecule has 0 amide bonds. The van der Waals surface area contributed by atoms with E-state index in [-0.39, 0.29) is 6.04 Å². The van der Waals surface area contributed by atoms with Crippen molar-refractivity contribution < 1.29 is 0 Å². The molecule has 0 saturated heterocycles. The van der Waals surface area contributed by atoms with Crippen LogP contribution in [0.5, 0.6) is 0 Å². The Morgan fingerprint density at radius 3 is 3.00 bits per heavy atom. The van der Waals surface area contributed by atoms with E-state index in [1.807, 2.05) is 13.2 Å². The number of nitrogens with one attached hydrogen (secondary N) is 1. The summed E-state index contributed by atoms with van der Waals surface area (Å²) >= 11 is 1.27. The SMILES string of the molecule is CNC(Cc1ccc2c(c1)CCC2)c1cnsn1. The molecule has 3 nitrogen and oxygen atoms in total. The van der Waals surface area contributed by atoms with Gasteiger partial charge in [0.2, 0.25) is 0 Å². The number of hydrogen-bond donors (Lipinski definition) is 1. The molecule has 94 valence electrons. The molecule has 0 fully saturated rings. The van der Waals surface area contributed by atoms with Gasteiger partial charge in [0.05, 0.1) is 29.7 Å². The van der Waals surface area contributed by atoms with Gasteiger partial charge in [0.1, 0.15) is 0 Å². The Morgan fingerprint density at radius 1 is 1.33 bits per heavy atom. The lowest BCUT2D eigenvalue weighted by Gasteiger charge is -2.14. The predicted molar refractivity (Wildman–Crippen MR) is 73.9 cm³/mol. The van der Waals surface area contributed by atoms with E-state index in [9.17, 15) is 0 Å². The first kappa shape index (κ1) is 11.8. The Morgan fingerprint density at radius 2 is 2.22 bits per heavy atom. The molecule has 3 rings (SSSR count). The third-order valence-corrected chi connectivity index (χ3v) is 4.18. The van der Waals surface area contributed by atoms with Crippen molar-refractivity contribution in [1.82, 2.24) is 14.1 Å². The Hall–Kier alpha value is -1.26. The lowest BCUT2D eigenvalue weighted by Crippen LogP contribution is -2.19. The van der Waals surface area contributed by atoms with Gasteiger partial charge in [-0.05, 0) is 49.4 Å². The number of fused-ring (bicyclic) bond motifs is 1. The second-order valence-electron chi connectivity index (χ2n) is 4.83. The summed E-state index contributed by atoms with van der Waals surface area (Å²) in [6, 6.07) is 7.19. The molecule has 2 aromatic rings. The molecule has 0 spiro atoms. The van der Waals surface area contributed by atoms with Crippen LogP contribution < -0.4 is 5.32 Å². The van der Waals surface area contributed by atoms with Crippen LogP contribution in [0.2, 0.25) is 0 Å². The molecule has 1 unspecified atom stereocenters. The molecule has 1 aliphatic carbocycles. The molecule has 1 aromatic carbocycles. The Balaban J connectivity index is 1.79. The van der Waals surface area contributed by atoms with E-state index in [1.54, 1.807) is 5.56 Å². The monoisotopic (exact) mass is 259 g/mol. The zero-order chi connectivity index (χ0) is 12.4. The molecule has 4 heteroatoms. The van der Waals surface area contributed by atoms with Crippen LogP contribution in [0.4, 0.5) is 0 Å². The minimum absolute atomic E-state index is 0.267. The van der Waals surface area contributed by atoms with Crippen LogP contribution in [-0.2, 0) is 19.3 Å². The maximum absolute atomic E-state index is 4.32. The van der Waals surface area contributed by atoms with Crippen LogP contribution in [-0.4, -0.2) is 15.8 Å². The van der Waals surface area contributed by atoms with Crippen LogP contribution in [0.25, 0.3) is 0 Å². The molecule has 18 heavy (non-hydrogen) atoms. The van der Waals surface area contributed by atoms with Gasteiger partial charge >= 0.3 is 0 Å². The minimum Gasteiger partial charge on any atom is -0.311 e. The zero-order valence-corrected chi connectivity index (χ0v) is 11.3. The molecule has 0 radical (unpaired) electrons. The van der Waals surface area contributed by atoms with Crippen molar-refractivity contribution in [2.75, 3.05) is 7.05 Å². The molecule has 1 aliphatic rings. The number of hydrogen-bond acceptors (Lipinski definition) is 4. The summed E-state index contributed by atoms with van der Waals surface area (Å²) in [4.78, 5) is 0. The number of likely N-dealkylation sites (N-methyl/N-ethyl adjacent to an activating group) is 1. The summed E-state index contributed by atoms with van der Waals surface area (Å²) in [5.41, 5.74) is 5.51. The molecule has 1 atom stereocenters. The lowest BCUT2D eigenvalue weighted by molar-refractivity contribution is 0.580. The highest BCUT2D eigenvalue weighted by Gasteiger charge is 2.15. The summed E-state index contributed by atoms with van der Waals surface area (Å²) in [6.07, 6.45) is 6.64. The van der Waals surface area contributed by atoms with Gasteiger partial charge in [0, 0.05) is 0 Å². The van der Waals surface area contributed by atoms with Crippen molar-refractivity contribution in [1.29, 1.82) is 0 Å². The largest absolute Gasteiger partial charge is 0.311 e. The molecule has 1 aromatic heterocycles. The Kier molecular flexibility index (Phi) is 3.39. The fourth-order valence-electron chi connectivity index (χ4n) is 2.67. The first-order valence-electron chi connectivity index (χ1n) is 6.42. The average molecular weight is 259 g/mol. The number of nitrogens with zero attached hydrogens (tertiary/aromatic N) is 2. The highest BCUT2D eigenvalue weighted by atomic mass is 32.1. The molecule has 0 bridgehead atoms. The van der Waals surface area contributed by atoms with Crippen LogP contribution in [0.3, 0.4) is 0 Å². The van der Waals surface area contributed by atoms with Gasteiger partial charge in [-0.15, -0.1) is 0 Å². The van der Waals surface area contributed by atoms with E-state index in [4.69, 9.17) is 0 Å². The number of aryl methyl sites for hydroxylation is 2. The molecular formula is C14H17N3S. The van der Waals surface area contributed by atoms with Crippen LogP contribution in [0.15, 0.2) is 24.4 Å². The van der Waals surface area contributed by atoms with Gasteiger partial charge < -0.3 is 5.32 Å². The number of aromatic nitrogens is 2. The second-order valence-corrected chi connectivity index (χ2v) is 5.39. The van der Waals surface area contributed by atoms with Crippen LogP contribution >= 0.6 is 11.7 Å². The standard InChI is InChI=1S/C14H17N3S/c1-15-13(14-9-16-18-17-14)8-10-5-6-11-3-2-4-12(11)7-10/h5-7,9,13,15H,2-4,8H2,1H3. The quantitative estimate of drug-likeness (QED) is 0.917. The predicted octanol–water partition coefficient (Wildman–Crippen LogP) is 2.53. The number of rotatable bonds is 4. The summed E-state index contributed by atoms with van der Waals surface area (Å²) in [7, 11) is 1.98. The smallest absolute Gasteiger partial charge is 0.0915 e. The van der Waals surface area contributed by atoms with Crippen molar-refractivity contribution in [2.24, 2.45) is 0 Å². The van der Waals surface area contributed by atoms with E-state index in [0.717, 1.165) is 12.1 Å². The maximum atomic E-state index is 4.32. The van der Waals surface area contributed by atoms with Crippen molar-refractivity contribution >= 4 is 11.7 Å². The summed E-state index contributed by atoms with van der Waals surface area (Å²) in [6.45, 7) is 0. The molecule has 1 heterocycles. The fraction of sp³-hybridized carbons (Fsp3) is 0.429. The summed E-state index contributed by atoms with van der Waals surface area (Å²) in [5, 5.41) is 3.32. The van der Waals surface area contributed by atoms with E-state index in [1.165, 1.54) is 42.1 Å². The third-order valence-electron chi connectivity index (χ3n) is 3.69. The molecule has 0 aliphatic heterocycles. The van der Waals surface area contributed by atoms with Gasteiger partial charge in [-0.25, -0.2) is 0 Å². The van der Waals surface area contributed by atoms with Gasteiger partial charge in [0.15, 0.2) is 0 Å². The van der Waals surface area contributed by atoms with Gasteiger partial charge in [-0.2, -0.15) is 8.75 Å². The van der Waals surface area contributed by atoms with Crippen molar-refractivity contribution in [2.45, 2.75) is 31.7 Å². The fourth-order valence-corrected chi connectivity index (χ4v) is 3.14. The van der Waals surface area contributed by atoms with Gasteiger partial charge in [0.25, 0.3) is 0 Å². The van der Waals surface area contributed by atoms with E-state index < -0.39 is 0 Å².